The first kappa shape index (κ1) is 14.5. The normalized spacial score (nSPS) is 20.1. The van der Waals surface area contributed by atoms with Gasteiger partial charge in [-0.1, -0.05) is 44.2 Å². The number of carbonyl (C=O) groups is 2. The molecule has 107 valence electrons. The third-order valence-corrected chi connectivity index (χ3v) is 3.40. The molecule has 1 heterocycles. The number of cyclic esters (lactones) is 1. The molecule has 5 heteroatoms. The van der Waals surface area contributed by atoms with Gasteiger partial charge in [0.25, 0.3) is 0 Å². The van der Waals surface area contributed by atoms with E-state index in [1.807, 2.05) is 30.3 Å². The van der Waals surface area contributed by atoms with E-state index in [0.29, 0.717) is 6.42 Å². The fourth-order valence-electron chi connectivity index (χ4n) is 2.16. The maximum atomic E-state index is 12.3. The number of hydrogen-bond donors (Lipinski definition) is 1. The lowest BCUT2D eigenvalue weighted by molar-refractivity contribution is -0.130. The molecule has 2 atom stereocenters. The van der Waals surface area contributed by atoms with E-state index < -0.39 is 18.0 Å². The molecule has 1 saturated heterocycles. The first-order valence-corrected chi connectivity index (χ1v) is 6.60. The van der Waals surface area contributed by atoms with Gasteiger partial charge in [0.05, 0.1) is 12.1 Å². The Kier molecular flexibility index (Phi) is 4.39. The minimum Gasteiger partial charge on any atom is -0.447 e. The Labute approximate surface area is 118 Å². The van der Waals surface area contributed by atoms with Gasteiger partial charge in [-0.3, -0.25) is 4.79 Å². The Balaban J connectivity index is 2.13. The van der Waals surface area contributed by atoms with Gasteiger partial charge in [0.2, 0.25) is 5.91 Å². The molecule has 1 fully saturated rings. The number of rotatable bonds is 4. The van der Waals surface area contributed by atoms with Gasteiger partial charge in [-0.2, -0.15) is 0 Å². The second-order valence-electron chi connectivity index (χ2n) is 5.18. The topological polar surface area (TPSA) is 72.6 Å². The molecule has 5 nitrogen and oxygen atoms in total. The Morgan fingerprint density at radius 2 is 2.05 bits per heavy atom. The van der Waals surface area contributed by atoms with Crippen molar-refractivity contribution in [3.8, 4) is 0 Å². The molecule has 1 aromatic carbocycles. The van der Waals surface area contributed by atoms with E-state index >= 15 is 0 Å². The van der Waals surface area contributed by atoms with Gasteiger partial charge in [0.1, 0.15) is 6.61 Å². The minimum absolute atomic E-state index is 0.217. The fraction of sp³-hybridized carbons (Fsp3) is 0.400. The molecule has 1 radical (unpaired) electrons. The van der Waals surface area contributed by atoms with Crippen LogP contribution in [0.25, 0.3) is 0 Å². The lowest BCUT2D eigenvalue weighted by Crippen LogP contribution is -2.50. The second-order valence-corrected chi connectivity index (χ2v) is 5.18. The number of hydrogen-bond acceptors (Lipinski definition) is 4. The smallest absolute Gasteiger partial charge is 0.417 e. The summed E-state index contributed by atoms with van der Waals surface area (Å²) < 4.78 is 5.00. The maximum Gasteiger partial charge on any atom is 0.417 e. The molecule has 0 spiro atoms. The van der Waals surface area contributed by atoms with Crippen molar-refractivity contribution in [3.63, 3.8) is 0 Å². The van der Waals surface area contributed by atoms with Crippen molar-refractivity contribution in [1.29, 1.82) is 0 Å². The van der Waals surface area contributed by atoms with Crippen LogP contribution in [0.5, 0.6) is 0 Å². The molecular weight excluding hydrogens is 256 g/mol. The van der Waals surface area contributed by atoms with Crippen LogP contribution in [0.3, 0.4) is 0 Å². The maximum absolute atomic E-state index is 12.3. The highest BCUT2D eigenvalue weighted by molar-refractivity contribution is 5.97. The van der Waals surface area contributed by atoms with Gasteiger partial charge < -0.3 is 10.5 Å². The summed E-state index contributed by atoms with van der Waals surface area (Å²) in [6.45, 7) is 3.77. The van der Waals surface area contributed by atoms with E-state index in [1.54, 1.807) is 13.8 Å². The van der Waals surface area contributed by atoms with Gasteiger partial charge in [-0.05, 0) is 17.9 Å². The molecule has 0 saturated carbocycles. The molecular formula is C15H19N2O3. The zero-order chi connectivity index (χ0) is 14.7. The predicted octanol–water partition coefficient (Wildman–Crippen LogP) is 1.52. The van der Waals surface area contributed by atoms with E-state index in [4.69, 9.17) is 10.5 Å². The summed E-state index contributed by atoms with van der Waals surface area (Å²) in [5.74, 6) is 0.376. The van der Waals surface area contributed by atoms with Gasteiger partial charge >= 0.3 is 6.09 Å². The standard InChI is InChI=1S/C15H19N2O3/c1-10(2)13(16)14(18)17-12(9-20-15(17)19)8-11-6-4-3-5-7-11/h3-7,12-13H,8-9,16H2,1-2H3/t12-,13?/m1/s1. The number of nitrogens with two attached hydrogens (primary N) is 1. The minimum atomic E-state index is -0.765. The lowest BCUT2D eigenvalue weighted by Gasteiger charge is -2.24. The van der Waals surface area contributed by atoms with E-state index in [9.17, 15) is 9.59 Å². The van der Waals surface area contributed by atoms with Crippen LogP contribution in [0.15, 0.2) is 30.3 Å². The van der Waals surface area contributed by atoms with E-state index in [-0.39, 0.29) is 12.6 Å². The van der Waals surface area contributed by atoms with E-state index in [0.717, 1.165) is 16.4 Å². The molecule has 1 unspecified atom stereocenters. The zero-order valence-corrected chi connectivity index (χ0v) is 11.7. The number of ether oxygens (including phenoxy) is 1. The van der Waals surface area contributed by atoms with Crippen LogP contribution >= 0.6 is 0 Å². The van der Waals surface area contributed by atoms with Crippen molar-refractivity contribution >= 4 is 12.0 Å². The average molecular weight is 275 g/mol. The highest BCUT2D eigenvalue weighted by atomic mass is 16.6. The average Bonchev–Trinajstić information content (AvgIpc) is 2.79. The molecule has 2 amide bonds. The zero-order valence-electron chi connectivity index (χ0n) is 11.7. The highest BCUT2D eigenvalue weighted by Crippen LogP contribution is 2.19. The van der Waals surface area contributed by atoms with Crippen molar-refractivity contribution in [1.82, 2.24) is 4.90 Å². The van der Waals surface area contributed by atoms with Crippen molar-refractivity contribution in [2.45, 2.75) is 32.4 Å². The van der Waals surface area contributed by atoms with Crippen molar-refractivity contribution in [3.05, 3.63) is 41.8 Å². The van der Waals surface area contributed by atoms with Gasteiger partial charge in [0, 0.05) is 0 Å². The summed E-state index contributed by atoms with van der Waals surface area (Å²) in [5.41, 5.74) is 6.88. The summed E-state index contributed by atoms with van der Waals surface area (Å²) >= 11 is 0. The van der Waals surface area contributed by atoms with Crippen LogP contribution in [-0.4, -0.2) is 35.6 Å². The summed E-state index contributed by atoms with van der Waals surface area (Å²) in [6.07, 6.45) is -0.0269. The SMILES string of the molecule is C[C](C)C(N)C(=O)N1C(=O)OC[C@H]1Cc1ccccc1. The van der Waals surface area contributed by atoms with Crippen LogP contribution in [0.1, 0.15) is 19.4 Å². The summed E-state index contributed by atoms with van der Waals surface area (Å²) in [7, 11) is 0. The van der Waals surface area contributed by atoms with Gasteiger partial charge in [-0.25, -0.2) is 9.69 Å². The molecule has 20 heavy (non-hydrogen) atoms. The van der Waals surface area contributed by atoms with E-state index in [2.05, 4.69) is 0 Å². The van der Waals surface area contributed by atoms with Gasteiger partial charge in [-0.15, -0.1) is 0 Å². The Bertz CT molecular complexity index is 487. The molecule has 1 aliphatic heterocycles. The van der Waals surface area contributed by atoms with Crippen molar-refractivity contribution in [2.75, 3.05) is 6.61 Å². The van der Waals surface area contributed by atoms with Gasteiger partial charge in [0.15, 0.2) is 0 Å². The third-order valence-electron chi connectivity index (χ3n) is 3.40. The summed E-state index contributed by atoms with van der Waals surface area (Å²) in [5, 5.41) is 0. The third kappa shape index (κ3) is 2.99. The molecule has 1 aliphatic rings. The predicted molar refractivity (Wildman–Crippen MR) is 74.7 cm³/mol. The molecule has 0 aromatic heterocycles. The largest absolute Gasteiger partial charge is 0.447 e. The van der Waals surface area contributed by atoms with Crippen LogP contribution in [-0.2, 0) is 16.0 Å². The highest BCUT2D eigenvalue weighted by Gasteiger charge is 2.40. The summed E-state index contributed by atoms with van der Waals surface area (Å²) in [6, 6.07) is 8.64. The quantitative estimate of drug-likeness (QED) is 0.904. The summed E-state index contributed by atoms with van der Waals surface area (Å²) in [4.78, 5) is 25.2. The first-order chi connectivity index (χ1) is 9.50. The molecule has 0 aliphatic carbocycles. The molecule has 0 bridgehead atoms. The lowest BCUT2D eigenvalue weighted by atomic mass is 10.0. The van der Waals surface area contributed by atoms with Crippen LogP contribution < -0.4 is 5.73 Å². The molecule has 2 N–H and O–H groups in total. The van der Waals surface area contributed by atoms with Crippen LogP contribution in [0, 0.1) is 5.92 Å². The molecule has 2 rings (SSSR count). The van der Waals surface area contributed by atoms with E-state index in [1.165, 1.54) is 0 Å². The fourth-order valence-corrected chi connectivity index (χ4v) is 2.16. The van der Waals surface area contributed by atoms with Crippen LogP contribution in [0.4, 0.5) is 4.79 Å². The number of imide groups is 1. The number of benzene rings is 1. The second kappa shape index (κ2) is 6.05. The van der Waals surface area contributed by atoms with Crippen molar-refractivity contribution in [2.24, 2.45) is 5.73 Å². The number of amides is 2. The Morgan fingerprint density at radius 3 is 2.65 bits per heavy atom. The van der Waals surface area contributed by atoms with Crippen molar-refractivity contribution < 1.29 is 14.3 Å². The number of carbonyl (C=O) groups excluding carboxylic acids is 2. The Morgan fingerprint density at radius 1 is 1.40 bits per heavy atom. The Hall–Kier alpha value is -1.88. The van der Waals surface area contributed by atoms with Crippen LogP contribution in [0.2, 0.25) is 0 Å². The molecule has 1 aromatic rings. The monoisotopic (exact) mass is 275 g/mol. The first-order valence-electron chi connectivity index (χ1n) is 6.60. The number of nitrogens with zero attached hydrogens (tertiary/aromatic N) is 1.